The molecule has 6 nitrogen and oxygen atoms in total. The summed E-state index contributed by atoms with van der Waals surface area (Å²) in [6, 6.07) is 3.25. The minimum Gasteiger partial charge on any atom is -0.507 e. The Hall–Kier alpha value is -3.15. The molecule has 0 amide bonds. The Morgan fingerprint density at radius 2 is 1.62 bits per heavy atom. The van der Waals surface area contributed by atoms with Gasteiger partial charge in [0.25, 0.3) is 0 Å². The molecule has 0 aliphatic rings. The van der Waals surface area contributed by atoms with E-state index < -0.39 is 28.1 Å². The van der Waals surface area contributed by atoms with Gasteiger partial charge in [0.1, 0.15) is 28.1 Å². The van der Waals surface area contributed by atoms with Gasteiger partial charge in [-0.1, -0.05) is 19.9 Å². The number of phenols is 4. The predicted molar refractivity (Wildman–Crippen MR) is 89.9 cm³/mol. The third-order valence-electron chi connectivity index (χ3n) is 4.15. The van der Waals surface area contributed by atoms with Crippen LogP contribution in [-0.4, -0.2) is 20.4 Å². The maximum atomic E-state index is 12.7. The molecule has 2 aromatic carbocycles. The zero-order chi connectivity index (χ0) is 17.8. The number of hydrogen-bond acceptors (Lipinski definition) is 6. The van der Waals surface area contributed by atoms with E-state index in [0.717, 1.165) is 18.2 Å². The Morgan fingerprint density at radius 1 is 1.00 bits per heavy atom. The number of rotatable bonds is 2. The summed E-state index contributed by atoms with van der Waals surface area (Å²) in [6.07, 6.45) is 1.58. The summed E-state index contributed by atoms with van der Waals surface area (Å²) in [7, 11) is 0. The molecule has 4 N–H and O–H groups in total. The van der Waals surface area contributed by atoms with Crippen molar-refractivity contribution in [2.45, 2.75) is 19.3 Å². The second kappa shape index (κ2) is 4.92. The predicted octanol–water partition coefficient (Wildman–Crippen LogP) is 3.23. The van der Waals surface area contributed by atoms with E-state index in [2.05, 4.69) is 6.58 Å². The van der Waals surface area contributed by atoms with Crippen LogP contribution in [0.2, 0.25) is 0 Å². The summed E-state index contributed by atoms with van der Waals surface area (Å²) in [4.78, 5) is 12.7. The Bertz CT molecular complexity index is 1060. The van der Waals surface area contributed by atoms with Gasteiger partial charge in [0.05, 0.1) is 5.39 Å². The number of allylic oxidation sites excluding steroid dienone is 1. The summed E-state index contributed by atoms with van der Waals surface area (Å²) >= 11 is 0. The van der Waals surface area contributed by atoms with Crippen molar-refractivity contribution < 1.29 is 24.8 Å². The fourth-order valence-electron chi connectivity index (χ4n) is 2.74. The molecule has 0 unspecified atom stereocenters. The van der Waals surface area contributed by atoms with Crippen molar-refractivity contribution in [1.29, 1.82) is 0 Å². The largest absolute Gasteiger partial charge is 0.507 e. The van der Waals surface area contributed by atoms with Crippen LogP contribution in [0.3, 0.4) is 0 Å². The monoisotopic (exact) mass is 328 g/mol. The van der Waals surface area contributed by atoms with E-state index in [9.17, 15) is 25.2 Å². The van der Waals surface area contributed by atoms with Crippen molar-refractivity contribution in [3.63, 3.8) is 0 Å². The lowest BCUT2D eigenvalue weighted by Gasteiger charge is -2.23. The average Bonchev–Trinajstić information content (AvgIpc) is 2.48. The molecule has 0 fully saturated rings. The van der Waals surface area contributed by atoms with Crippen LogP contribution in [0.15, 0.2) is 40.1 Å². The highest BCUT2D eigenvalue weighted by molar-refractivity contribution is 5.97. The third kappa shape index (κ3) is 2.07. The number of hydrogen-bond donors (Lipinski definition) is 4. The first-order valence-electron chi connectivity index (χ1n) is 7.19. The van der Waals surface area contributed by atoms with Crippen LogP contribution in [-0.2, 0) is 5.41 Å². The zero-order valence-corrected chi connectivity index (χ0v) is 13.1. The maximum absolute atomic E-state index is 12.7. The second-order valence-corrected chi connectivity index (χ2v) is 6.19. The lowest BCUT2D eigenvalue weighted by atomic mass is 9.83. The van der Waals surface area contributed by atoms with Gasteiger partial charge in [-0.15, -0.1) is 6.58 Å². The molecule has 0 atom stereocenters. The molecule has 0 spiro atoms. The van der Waals surface area contributed by atoms with Crippen molar-refractivity contribution >= 4 is 21.9 Å². The number of benzene rings is 2. The fraction of sp³-hybridized carbons (Fsp3) is 0.167. The van der Waals surface area contributed by atoms with Crippen LogP contribution in [0.25, 0.3) is 21.9 Å². The van der Waals surface area contributed by atoms with Crippen molar-refractivity contribution in [2.75, 3.05) is 0 Å². The molecule has 3 aromatic rings. The Morgan fingerprint density at radius 3 is 2.25 bits per heavy atom. The second-order valence-electron chi connectivity index (χ2n) is 6.19. The van der Waals surface area contributed by atoms with Gasteiger partial charge in [-0.3, -0.25) is 4.79 Å². The van der Waals surface area contributed by atoms with Gasteiger partial charge in [-0.05, 0) is 6.07 Å². The molecule has 0 saturated heterocycles. The lowest BCUT2D eigenvalue weighted by molar-refractivity contribution is 0.404. The summed E-state index contributed by atoms with van der Waals surface area (Å²) in [5, 5.41) is 39.5. The molecule has 0 radical (unpaired) electrons. The number of phenolic OH excluding ortho intramolecular Hbond substituents is 4. The summed E-state index contributed by atoms with van der Waals surface area (Å²) in [5.41, 5.74) is -1.02. The zero-order valence-electron chi connectivity index (χ0n) is 13.1. The summed E-state index contributed by atoms with van der Waals surface area (Å²) in [6.45, 7) is 7.26. The average molecular weight is 328 g/mol. The van der Waals surface area contributed by atoms with Crippen molar-refractivity contribution in [2.24, 2.45) is 0 Å². The van der Waals surface area contributed by atoms with Crippen molar-refractivity contribution in [1.82, 2.24) is 0 Å². The van der Waals surface area contributed by atoms with Gasteiger partial charge in [0, 0.05) is 23.1 Å². The smallest absolute Gasteiger partial charge is 0.204 e. The van der Waals surface area contributed by atoms with E-state index >= 15 is 0 Å². The van der Waals surface area contributed by atoms with E-state index in [1.165, 1.54) is 0 Å². The minimum atomic E-state index is -0.751. The first kappa shape index (κ1) is 15.7. The van der Waals surface area contributed by atoms with E-state index in [1.807, 2.05) is 0 Å². The van der Waals surface area contributed by atoms with Gasteiger partial charge >= 0.3 is 0 Å². The molecule has 1 heterocycles. The lowest BCUT2D eigenvalue weighted by Crippen LogP contribution is -2.15. The summed E-state index contributed by atoms with van der Waals surface area (Å²) < 4.78 is 5.70. The van der Waals surface area contributed by atoms with Crippen LogP contribution >= 0.6 is 0 Å². The normalized spacial score (nSPS) is 11.9. The molecular weight excluding hydrogens is 312 g/mol. The standard InChI is InChI=1S/C18H16O6/c1-4-18(2,3)15-12(22)6-11(21)14-16(23)8-5-9(19)10(20)7-13(8)24-17(14)15/h4-7,19-22H,1H2,2-3H3. The number of aromatic hydroxyl groups is 4. The van der Waals surface area contributed by atoms with Gasteiger partial charge < -0.3 is 24.8 Å². The van der Waals surface area contributed by atoms with Gasteiger partial charge in [0.15, 0.2) is 11.5 Å². The molecule has 24 heavy (non-hydrogen) atoms. The van der Waals surface area contributed by atoms with E-state index in [0.29, 0.717) is 0 Å². The van der Waals surface area contributed by atoms with E-state index in [-0.39, 0.29) is 33.3 Å². The Balaban J connectivity index is 2.63. The van der Waals surface area contributed by atoms with Crippen LogP contribution < -0.4 is 5.43 Å². The Kier molecular flexibility index (Phi) is 3.23. The quantitative estimate of drug-likeness (QED) is 0.326. The molecule has 0 aliphatic heterocycles. The Labute approximate surface area is 136 Å². The highest BCUT2D eigenvalue weighted by atomic mass is 16.3. The van der Waals surface area contributed by atoms with Crippen molar-refractivity contribution in [3.8, 4) is 23.0 Å². The van der Waals surface area contributed by atoms with Crippen LogP contribution in [0.5, 0.6) is 23.0 Å². The highest BCUT2D eigenvalue weighted by Crippen LogP contribution is 2.42. The first-order chi connectivity index (χ1) is 11.2. The van der Waals surface area contributed by atoms with Gasteiger partial charge in [0.2, 0.25) is 5.43 Å². The molecule has 0 saturated carbocycles. The number of fused-ring (bicyclic) bond motifs is 2. The fourth-order valence-corrected chi connectivity index (χ4v) is 2.74. The molecule has 0 bridgehead atoms. The van der Waals surface area contributed by atoms with Crippen molar-refractivity contribution in [3.05, 3.63) is 46.6 Å². The minimum absolute atomic E-state index is 0.00000945. The van der Waals surface area contributed by atoms with Crippen LogP contribution in [0.4, 0.5) is 0 Å². The first-order valence-corrected chi connectivity index (χ1v) is 7.19. The summed E-state index contributed by atoms with van der Waals surface area (Å²) in [5.74, 6) is -1.59. The SMILES string of the molecule is C=CC(C)(C)c1c(O)cc(O)c2c(=O)c3cc(O)c(O)cc3oc12. The molecule has 6 heteroatoms. The highest BCUT2D eigenvalue weighted by Gasteiger charge is 2.28. The van der Waals surface area contributed by atoms with E-state index in [4.69, 9.17) is 4.42 Å². The van der Waals surface area contributed by atoms with Crippen LogP contribution in [0.1, 0.15) is 19.4 Å². The topological polar surface area (TPSA) is 111 Å². The van der Waals surface area contributed by atoms with Gasteiger partial charge in [-0.25, -0.2) is 0 Å². The maximum Gasteiger partial charge on any atom is 0.204 e. The molecule has 3 rings (SSSR count). The van der Waals surface area contributed by atoms with Crippen LogP contribution in [0, 0.1) is 0 Å². The van der Waals surface area contributed by atoms with Gasteiger partial charge in [-0.2, -0.15) is 0 Å². The third-order valence-corrected chi connectivity index (χ3v) is 4.15. The molecule has 124 valence electrons. The molecular formula is C18H16O6. The van der Waals surface area contributed by atoms with E-state index in [1.54, 1.807) is 19.9 Å². The molecule has 0 aliphatic carbocycles. The molecule has 1 aromatic heterocycles.